The first-order valence-corrected chi connectivity index (χ1v) is 5.21. The van der Waals surface area contributed by atoms with Crippen molar-refractivity contribution in [3.8, 4) is 0 Å². The van der Waals surface area contributed by atoms with E-state index in [4.69, 9.17) is 4.79 Å². The van der Waals surface area contributed by atoms with Gasteiger partial charge in [0.15, 0.2) is 0 Å². The van der Waals surface area contributed by atoms with Crippen molar-refractivity contribution in [1.82, 2.24) is 0 Å². The molecule has 1 aliphatic rings. The standard InChI is InChI=1S/C9H16O2.CHClO/c1-7-3-5-8(6-4-7)9(10)11-2;2-1-3/h7-8H,3-6H2,1-2H3;1H. The molecule has 1 fully saturated rings. The second kappa shape index (κ2) is 7.80. The molecule has 1 aliphatic carbocycles. The van der Waals surface area contributed by atoms with Crippen LogP contribution in [0.2, 0.25) is 0 Å². The van der Waals surface area contributed by atoms with Gasteiger partial charge in [0.25, 0.3) is 0 Å². The largest absolute Gasteiger partial charge is 0.469 e. The molecule has 3 nitrogen and oxygen atoms in total. The highest BCUT2D eigenvalue weighted by Crippen LogP contribution is 2.28. The lowest BCUT2D eigenvalue weighted by atomic mass is 9.83. The smallest absolute Gasteiger partial charge is 0.308 e. The van der Waals surface area contributed by atoms with E-state index in [1.165, 1.54) is 20.0 Å². The van der Waals surface area contributed by atoms with Gasteiger partial charge >= 0.3 is 5.97 Å². The molecule has 0 amide bonds. The number of halogens is 1. The first kappa shape index (κ1) is 13.4. The highest BCUT2D eigenvalue weighted by molar-refractivity contribution is 6.54. The number of carbonyl (C=O) groups excluding carboxylic acids is 2. The molecule has 0 heterocycles. The van der Waals surface area contributed by atoms with Gasteiger partial charge < -0.3 is 4.74 Å². The van der Waals surface area contributed by atoms with E-state index >= 15 is 0 Å². The lowest BCUT2D eigenvalue weighted by Crippen LogP contribution is -2.21. The van der Waals surface area contributed by atoms with Crippen molar-refractivity contribution in [2.24, 2.45) is 11.8 Å². The molecule has 0 radical (unpaired) electrons. The summed E-state index contributed by atoms with van der Waals surface area (Å²) in [7, 11) is 1.47. The van der Waals surface area contributed by atoms with Crippen molar-refractivity contribution in [1.29, 1.82) is 0 Å². The number of esters is 1. The van der Waals surface area contributed by atoms with Crippen molar-refractivity contribution >= 4 is 23.3 Å². The number of rotatable bonds is 1. The maximum absolute atomic E-state index is 11.1. The van der Waals surface area contributed by atoms with Crippen molar-refractivity contribution in [3.63, 3.8) is 0 Å². The topological polar surface area (TPSA) is 43.4 Å². The number of methoxy groups -OCH3 is 1. The number of carbonyl (C=O) groups is 2. The average molecular weight is 221 g/mol. The number of hydrogen-bond donors (Lipinski definition) is 0. The molecular weight excluding hydrogens is 204 g/mol. The average Bonchev–Trinajstić information content (AvgIpc) is 2.19. The summed E-state index contributed by atoms with van der Waals surface area (Å²) in [6.07, 6.45) is 4.40. The molecule has 1 rings (SSSR count). The molecule has 0 N–H and O–H groups in total. The van der Waals surface area contributed by atoms with Crippen molar-refractivity contribution in [2.75, 3.05) is 7.11 Å². The normalized spacial score (nSPS) is 25.6. The summed E-state index contributed by atoms with van der Waals surface area (Å²) in [6.45, 7) is 2.24. The van der Waals surface area contributed by atoms with Gasteiger partial charge in [-0.05, 0) is 43.2 Å². The van der Waals surface area contributed by atoms with Crippen molar-refractivity contribution < 1.29 is 14.3 Å². The van der Waals surface area contributed by atoms with Gasteiger partial charge in [-0.2, -0.15) is 0 Å². The lowest BCUT2D eigenvalue weighted by molar-refractivity contribution is -0.146. The SMILES string of the molecule is COC(=O)C1CCC(C)CC1.O=CCl. The van der Waals surface area contributed by atoms with E-state index in [9.17, 15) is 4.79 Å². The lowest BCUT2D eigenvalue weighted by Gasteiger charge is -2.23. The van der Waals surface area contributed by atoms with Gasteiger partial charge in [-0.1, -0.05) is 6.92 Å². The highest BCUT2D eigenvalue weighted by atomic mass is 35.5. The van der Waals surface area contributed by atoms with Gasteiger partial charge in [-0.25, -0.2) is 0 Å². The summed E-state index contributed by atoms with van der Waals surface area (Å²) in [4.78, 5) is 19.6. The molecule has 0 aliphatic heterocycles. The molecule has 14 heavy (non-hydrogen) atoms. The predicted molar refractivity (Wildman–Crippen MR) is 55.7 cm³/mol. The van der Waals surface area contributed by atoms with E-state index in [-0.39, 0.29) is 17.6 Å². The van der Waals surface area contributed by atoms with Crippen LogP contribution in [-0.4, -0.2) is 18.8 Å². The molecule has 0 atom stereocenters. The van der Waals surface area contributed by atoms with Crippen molar-refractivity contribution in [2.45, 2.75) is 32.6 Å². The predicted octanol–water partition coefficient (Wildman–Crippen LogP) is 2.40. The van der Waals surface area contributed by atoms with Crippen LogP contribution in [0.1, 0.15) is 32.6 Å². The summed E-state index contributed by atoms with van der Waals surface area (Å²) in [5.41, 5.74) is 0. The minimum Gasteiger partial charge on any atom is -0.469 e. The molecule has 0 aromatic rings. The summed E-state index contributed by atoms with van der Waals surface area (Å²) < 4.78 is 4.69. The number of hydrogen-bond acceptors (Lipinski definition) is 3. The van der Waals surface area contributed by atoms with E-state index in [1.54, 1.807) is 0 Å². The molecule has 0 saturated heterocycles. The van der Waals surface area contributed by atoms with E-state index in [0.29, 0.717) is 0 Å². The van der Waals surface area contributed by atoms with Crippen LogP contribution in [0.4, 0.5) is 0 Å². The monoisotopic (exact) mass is 220 g/mol. The summed E-state index contributed by atoms with van der Waals surface area (Å²) in [6, 6.07) is 0. The Bertz CT molecular complexity index is 174. The van der Waals surface area contributed by atoms with Crippen LogP contribution < -0.4 is 0 Å². The van der Waals surface area contributed by atoms with E-state index in [2.05, 4.69) is 23.3 Å². The molecule has 0 aromatic carbocycles. The molecular formula is C10H17ClO3. The van der Waals surface area contributed by atoms with Crippen LogP contribution in [0.15, 0.2) is 0 Å². The van der Waals surface area contributed by atoms with Crippen LogP contribution in [0.25, 0.3) is 0 Å². The summed E-state index contributed by atoms with van der Waals surface area (Å²) in [5, 5.41) is 0. The van der Waals surface area contributed by atoms with Gasteiger partial charge in [-0.3, -0.25) is 9.59 Å². The van der Waals surface area contributed by atoms with Gasteiger partial charge in [0.2, 0.25) is 5.75 Å². The zero-order valence-corrected chi connectivity index (χ0v) is 9.42. The minimum atomic E-state index is -0.0168. The summed E-state index contributed by atoms with van der Waals surface area (Å²) >= 11 is 4.32. The Balaban J connectivity index is 0.000000500. The summed E-state index contributed by atoms with van der Waals surface area (Å²) in [5.74, 6) is 1.20. The molecule has 0 bridgehead atoms. The Hall–Kier alpha value is -0.570. The molecule has 0 aromatic heterocycles. The van der Waals surface area contributed by atoms with E-state index in [0.717, 1.165) is 18.8 Å². The van der Waals surface area contributed by atoms with Crippen LogP contribution in [-0.2, 0) is 14.3 Å². The molecule has 82 valence electrons. The second-order valence-corrected chi connectivity index (χ2v) is 3.75. The number of ether oxygens (including phenoxy) is 1. The van der Waals surface area contributed by atoms with Crippen LogP contribution in [0.5, 0.6) is 0 Å². The van der Waals surface area contributed by atoms with Crippen LogP contribution >= 0.6 is 11.6 Å². The second-order valence-electron chi connectivity index (χ2n) is 3.57. The van der Waals surface area contributed by atoms with Crippen LogP contribution in [0.3, 0.4) is 0 Å². The molecule has 1 saturated carbocycles. The zero-order valence-electron chi connectivity index (χ0n) is 8.66. The quantitative estimate of drug-likeness (QED) is 0.387. The Labute approximate surface area is 89.8 Å². The Morgan fingerprint density at radius 2 is 1.79 bits per heavy atom. The van der Waals surface area contributed by atoms with E-state index in [1.807, 2.05) is 0 Å². The van der Waals surface area contributed by atoms with Gasteiger partial charge in [-0.15, -0.1) is 0 Å². The molecule has 4 heteroatoms. The van der Waals surface area contributed by atoms with Gasteiger partial charge in [0.05, 0.1) is 13.0 Å². The fraction of sp³-hybridized carbons (Fsp3) is 0.800. The third-order valence-corrected chi connectivity index (χ3v) is 2.55. The fourth-order valence-corrected chi connectivity index (χ4v) is 1.66. The molecule has 0 spiro atoms. The minimum absolute atomic E-state index is 0.0168. The highest BCUT2D eigenvalue weighted by Gasteiger charge is 2.24. The Kier molecular flexibility index (Phi) is 7.48. The van der Waals surface area contributed by atoms with Gasteiger partial charge in [0, 0.05) is 0 Å². The molecule has 0 unspecified atom stereocenters. The van der Waals surface area contributed by atoms with E-state index < -0.39 is 0 Å². The first-order valence-electron chi connectivity index (χ1n) is 4.77. The Morgan fingerprint density at radius 3 is 2.14 bits per heavy atom. The van der Waals surface area contributed by atoms with Crippen molar-refractivity contribution in [3.05, 3.63) is 0 Å². The third-order valence-electron chi connectivity index (χ3n) is 2.55. The maximum Gasteiger partial charge on any atom is 0.308 e. The zero-order chi connectivity index (χ0) is 11.0. The third kappa shape index (κ3) is 5.22. The van der Waals surface area contributed by atoms with Crippen LogP contribution in [0, 0.1) is 11.8 Å². The Morgan fingerprint density at radius 1 is 1.36 bits per heavy atom. The first-order chi connectivity index (χ1) is 6.65. The maximum atomic E-state index is 11.1. The van der Waals surface area contributed by atoms with Gasteiger partial charge in [0.1, 0.15) is 0 Å². The fourth-order valence-electron chi connectivity index (χ4n) is 1.66.